The fourth-order valence-electron chi connectivity index (χ4n) is 2.05. The molecule has 0 saturated heterocycles. The molecule has 0 spiro atoms. The first-order valence-corrected chi connectivity index (χ1v) is 6.52. The molecule has 1 unspecified atom stereocenters. The molecule has 0 aliphatic rings. The lowest BCUT2D eigenvalue weighted by atomic mass is 10.0. The molecule has 0 bridgehead atoms. The maximum Gasteiger partial charge on any atom is 0.248 e. The summed E-state index contributed by atoms with van der Waals surface area (Å²) in [4.78, 5) is 11.0. The third kappa shape index (κ3) is 3.35. The quantitative estimate of drug-likeness (QED) is 0.875. The maximum absolute atomic E-state index is 12.9. The van der Waals surface area contributed by atoms with Gasteiger partial charge in [0.25, 0.3) is 0 Å². The van der Waals surface area contributed by atoms with Crippen molar-refractivity contribution < 1.29 is 9.18 Å². The number of hydrogen-bond acceptors (Lipinski definition) is 2. The Morgan fingerprint density at radius 1 is 1.15 bits per heavy atom. The van der Waals surface area contributed by atoms with Gasteiger partial charge in [-0.25, -0.2) is 4.39 Å². The van der Waals surface area contributed by atoms with E-state index in [0.717, 1.165) is 17.7 Å². The topological polar surface area (TPSA) is 55.1 Å². The first kappa shape index (κ1) is 14.1. The molecule has 0 saturated carbocycles. The summed E-state index contributed by atoms with van der Waals surface area (Å²) in [7, 11) is 0. The number of anilines is 1. The largest absolute Gasteiger partial charge is 0.378 e. The van der Waals surface area contributed by atoms with Crippen molar-refractivity contribution in [1.29, 1.82) is 0 Å². The predicted molar refractivity (Wildman–Crippen MR) is 78.0 cm³/mol. The van der Waals surface area contributed by atoms with Crippen LogP contribution in [-0.2, 0) is 0 Å². The summed E-state index contributed by atoms with van der Waals surface area (Å²) in [5.74, 6) is -0.684. The minimum Gasteiger partial charge on any atom is -0.378 e. The highest BCUT2D eigenvalue weighted by Crippen LogP contribution is 2.23. The van der Waals surface area contributed by atoms with E-state index in [1.165, 1.54) is 12.1 Å². The van der Waals surface area contributed by atoms with Crippen molar-refractivity contribution in [2.75, 3.05) is 5.32 Å². The van der Waals surface area contributed by atoms with Crippen LogP contribution in [-0.4, -0.2) is 5.91 Å². The molecular weight excluding hydrogens is 255 g/mol. The van der Waals surface area contributed by atoms with Gasteiger partial charge in [0.1, 0.15) is 5.82 Å². The van der Waals surface area contributed by atoms with Crippen LogP contribution in [0.2, 0.25) is 0 Å². The molecule has 2 rings (SSSR count). The van der Waals surface area contributed by atoms with E-state index < -0.39 is 5.91 Å². The van der Waals surface area contributed by atoms with Crippen LogP contribution in [0.15, 0.2) is 48.5 Å². The average Bonchev–Trinajstić information content (AvgIpc) is 2.46. The Hall–Kier alpha value is -2.36. The number of benzene rings is 2. The van der Waals surface area contributed by atoms with Gasteiger partial charge in [0.05, 0.1) is 6.04 Å². The summed E-state index contributed by atoms with van der Waals surface area (Å²) in [5.41, 5.74) is 7.59. The molecule has 1 atom stereocenters. The van der Waals surface area contributed by atoms with Gasteiger partial charge in [-0.05, 0) is 48.4 Å². The first-order valence-electron chi connectivity index (χ1n) is 6.52. The fraction of sp³-hybridized carbons (Fsp3) is 0.188. The Morgan fingerprint density at radius 3 is 2.25 bits per heavy atom. The van der Waals surface area contributed by atoms with Crippen molar-refractivity contribution in [1.82, 2.24) is 0 Å². The number of amides is 1. The van der Waals surface area contributed by atoms with E-state index in [2.05, 4.69) is 12.2 Å². The van der Waals surface area contributed by atoms with Crippen molar-refractivity contribution in [2.45, 2.75) is 19.4 Å². The molecule has 0 aromatic heterocycles. The average molecular weight is 272 g/mol. The lowest BCUT2D eigenvalue weighted by Crippen LogP contribution is -2.12. The van der Waals surface area contributed by atoms with Crippen LogP contribution in [0.3, 0.4) is 0 Å². The second-order valence-electron chi connectivity index (χ2n) is 4.60. The van der Waals surface area contributed by atoms with Gasteiger partial charge < -0.3 is 11.1 Å². The van der Waals surface area contributed by atoms with E-state index in [-0.39, 0.29) is 11.9 Å². The highest BCUT2D eigenvalue weighted by atomic mass is 19.1. The van der Waals surface area contributed by atoms with Crippen LogP contribution < -0.4 is 11.1 Å². The molecule has 2 aromatic carbocycles. The standard InChI is InChI=1S/C16H17FN2O/c1-2-15(11-3-7-13(17)8-4-11)19-14-9-5-12(6-10-14)16(18)20/h3-10,15,19H,2H2,1H3,(H2,18,20). The number of nitrogens with two attached hydrogens (primary N) is 1. The van der Waals surface area contributed by atoms with E-state index in [1.807, 2.05) is 12.1 Å². The zero-order valence-corrected chi connectivity index (χ0v) is 11.3. The van der Waals surface area contributed by atoms with Crippen molar-refractivity contribution in [2.24, 2.45) is 5.73 Å². The van der Waals surface area contributed by atoms with Crippen LogP contribution in [0.1, 0.15) is 35.3 Å². The molecule has 0 aliphatic carbocycles. The Bertz CT molecular complexity index is 578. The molecule has 0 fully saturated rings. The minimum absolute atomic E-state index is 0.0926. The molecule has 2 aromatic rings. The molecule has 20 heavy (non-hydrogen) atoms. The second-order valence-corrected chi connectivity index (χ2v) is 4.60. The van der Waals surface area contributed by atoms with Gasteiger partial charge >= 0.3 is 0 Å². The molecular formula is C16H17FN2O. The number of halogens is 1. The van der Waals surface area contributed by atoms with Crippen LogP contribution in [0.4, 0.5) is 10.1 Å². The van der Waals surface area contributed by atoms with Crippen LogP contribution >= 0.6 is 0 Å². The second kappa shape index (κ2) is 6.19. The van der Waals surface area contributed by atoms with Crippen LogP contribution in [0, 0.1) is 5.82 Å². The Kier molecular flexibility index (Phi) is 4.35. The molecule has 1 amide bonds. The molecule has 4 heteroatoms. The van der Waals surface area contributed by atoms with Gasteiger partial charge in [-0.15, -0.1) is 0 Å². The highest BCUT2D eigenvalue weighted by Gasteiger charge is 2.09. The normalized spacial score (nSPS) is 11.9. The number of hydrogen-bond donors (Lipinski definition) is 2. The summed E-state index contributed by atoms with van der Waals surface area (Å²) in [6.45, 7) is 2.05. The van der Waals surface area contributed by atoms with E-state index in [1.54, 1.807) is 24.3 Å². The number of nitrogens with one attached hydrogen (secondary N) is 1. The lowest BCUT2D eigenvalue weighted by Gasteiger charge is -2.19. The Balaban J connectivity index is 2.13. The minimum atomic E-state index is -0.442. The van der Waals surface area contributed by atoms with Gasteiger partial charge in [0.2, 0.25) is 5.91 Å². The fourth-order valence-corrected chi connectivity index (χ4v) is 2.05. The van der Waals surface area contributed by atoms with E-state index in [4.69, 9.17) is 5.73 Å². The number of carbonyl (C=O) groups is 1. The molecule has 0 heterocycles. The summed E-state index contributed by atoms with van der Waals surface area (Å²) >= 11 is 0. The van der Waals surface area contributed by atoms with Crippen molar-refractivity contribution >= 4 is 11.6 Å². The van der Waals surface area contributed by atoms with Crippen molar-refractivity contribution in [3.8, 4) is 0 Å². The van der Waals surface area contributed by atoms with Crippen molar-refractivity contribution in [3.05, 3.63) is 65.5 Å². The van der Waals surface area contributed by atoms with Gasteiger partial charge in [-0.1, -0.05) is 19.1 Å². The maximum atomic E-state index is 12.9. The van der Waals surface area contributed by atoms with Gasteiger partial charge in [0.15, 0.2) is 0 Å². The van der Waals surface area contributed by atoms with E-state index >= 15 is 0 Å². The zero-order valence-electron chi connectivity index (χ0n) is 11.3. The number of carbonyl (C=O) groups excluding carboxylic acids is 1. The summed E-state index contributed by atoms with van der Waals surface area (Å²) in [6.07, 6.45) is 0.864. The van der Waals surface area contributed by atoms with Crippen LogP contribution in [0.25, 0.3) is 0 Å². The van der Waals surface area contributed by atoms with Crippen molar-refractivity contribution in [3.63, 3.8) is 0 Å². The first-order chi connectivity index (χ1) is 9.60. The summed E-state index contributed by atoms with van der Waals surface area (Å²) in [5, 5.41) is 3.36. The smallest absolute Gasteiger partial charge is 0.248 e. The summed E-state index contributed by atoms with van der Waals surface area (Å²) in [6, 6.07) is 13.5. The molecule has 3 N–H and O–H groups in total. The molecule has 0 radical (unpaired) electrons. The van der Waals surface area contributed by atoms with Crippen LogP contribution in [0.5, 0.6) is 0 Å². The third-order valence-electron chi connectivity index (χ3n) is 3.19. The highest BCUT2D eigenvalue weighted by molar-refractivity contribution is 5.93. The SMILES string of the molecule is CCC(Nc1ccc(C(N)=O)cc1)c1ccc(F)cc1. The van der Waals surface area contributed by atoms with E-state index in [9.17, 15) is 9.18 Å². The third-order valence-corrected chi connectivity index (χ3v) is 3.19. The van der Waals surface area contributed by atoms with Gasteiger partial charge in [-0.2, -0.15) is 0 Å². The Labute approximate surface area is 117 Å². The lowest BCUT2D eigenvalue weighted by molar-refractivity contribution is 0.100. The zero-order chi connectivity index (χ0) is 14.5. The number of primary amides is 1. The molecule has 3 nitrogen and oxygen atoms in total. The monoisotopic (exact) mass is 272 g/mol. The molecule has 104 valence electrons. The predicted octanol–water partition coefficient (Wildman–Crippen LogP) is 3.49. The Morgan fingerprint density at radius 2 is 1.75 bits per heavy atom. The number of rotatable bonds is 5. The van der Waals surface area contributed by atoms with Gasteiger partial charge in [0, 0.05) is 11.3 Å². The summed E-state index contributed by atoms with van der Waals surface area (Å²) < 4.78 is 12.9. The molecule has 0 aliphatic heterocycles. The van der Waals surface area contributed by atoms with Gasteiger partial charge in [-0.3, -0.25) is 4.79 Å². The van der Waals surface area contributed by atoms with E-state index in [0.29, 0.717) is 5.56 Å².